The Morgan fingerprint density at radius 2 is 1.75 bits per heavy atom. The minimum atomic E-state index is 0.256. The van der Waals surface area contributed by atoms with Gasteiger partial charge in [0.2, 0.25) is 12.7 Å². The molecule has 162 valence electrons. The predicted molar refractivity (Wildman–Crippen MR) is 118 cm³/mol. The molecule has 1 N–H and O–H groups in total. The molecule has 5 rings (SSSR count). The number of aryl methyl sites for hydroxylation is 1. The molecular weight excluding hydrogens is 406 g/mol. The zero-order valence-electron chi connectivity index (χ0n) is 17.5. The van der Waals surface area contributed by atoms with E-state index < -0.39 is 0 Å². The van der Waals surface area contributed by atoms with Crippen molar-refractivity contribution in [3.05, 3.63) is 66.5 Å². The van der Waals surface area contributed by atoms with E-state index in [2.05, 4.69) is 26.7 Å². The molecule has 8 heteroatoms. The summed E-state index contributed by atoms with van der Waals surface area (Å²) >= 11 is 0. The third kappa shape index (κ3) is 4.69. The molecule has 1 aliphatic heterocycles. The number of rotatable bonds is 9. The van der Waals surface area contributed by atoms with Crippen molar-refractivity contribution >= 4 is 0 Å². The molecule has 2 aromatic carbocycles. The smallest absolute Gasteiger partial charge is 0.231 e. The van der Waals surface area contributed by atoms with Crippen LogP contribution in [0.5, 0.6) is 17.4 Å². The van der Waals surface area contributed by atoms with Crippen molar-refractivity contribution in [3.63, 3.8) is 0 Å². The first-order chi connectivity index (χ1) is 15.8. The van der Waals surface area contributed by atoms with Crippen LogP contribution in [-0.2, 0) is 6.42 Å². The van der Waals surface area contributed by atoms with Crippen LogP contribution in [0.25, 0.3) is 22.4 Å². The van der Waals surface area contributed by atoms with Crippen LogP contribution in [0.4, 0.5) is 0 Å². The Balaban J connectivity index is 1.30. The first kappa shape index (κ1) is 20.0. The number of H-pyrrole nitrogens is 1. The van der Waals surface area contributed by atoms with Crippen LogP contribution in [-0.4, -0.2) is 39.0 Å². The highest BCUT2D eigenvalue weighted by Gasteiger charge is 2.15. The second-order valence-corrected chi connectivity index (χ2v) is 7.52. The van der Waals surface area contributed by atoms with E-state index in [1.807, 2.05) is 54.6 Å². The van der Waals surface area contributed by atoms with Gasteiger partial charge in [-0.15, -0.1) is 5.10 Å². The van der Waals surface area contributed by atoms with Crippen molar-refractivity contribution in [2.24, 2.45) is 0 Å². The number of aromatic amines is 1. The van der Waals surface area contributed by atoms with Crippen LogP contribution in [0.1, 0.15) is 25.1 Å². The van der Waals surface area contributed by atoms with Gasteiger partial charge in [0.15, 0.2) is 11.5 Å². The topological polar surface area (TPSA) is 95.0 Å². The third-order valence-electron chi connectivity index (χ3n) is 5.27. The number of aromatic nitrogens is 5. The Morgan fingerprint density at radius 3 is 2.62 bits per heavy atom. The van der Waals surface area contributed by atoms with E-state index in [4.69, 9.17) is 19.2 Å². The number of tetrazole rings is 1. The maximum Gasteiger partial charge on any atom is 0.231 e. The molecule has 2 aromatic heterocycles. The quantitative estimate of drug-likeness (QED) is 0.393. The van der Waals surface area contributed by atoms with Crippen molar-refractivity contribution in [3.8, 4) is 39.8 Å². The van der Waals surface area contributed by atoms with Crippen molar-refractivity contribution in [1.29, 1.82) is 0 Å². The molecule has 0 amide bonds. The number of nitrogens with one attached hydrogen (secondary N) is 1. The normalized spacial score (nSPS) is 12.1. The lowest BCUT2D eigenvalue weighted by atomic mass is 10.0. The van der Waals surface area contributed by atoms with Gasteiger partial charge in [0.05, 0.1) is 12.3 Å². The highest BCUT2D eigenvalue weighted by molar-refractivity contribution is 5.73. The summed E-state index contributed by atoms with van der Waals surface area (Å²) in [5, 5.41) is 13.9. The average Bonchev–Trinajstić information content (AvgIpc) is 3.53. The number of pyridine rings is 1. The van der Waals surface area contributed by atoms with Gasteiger partial charge in [-0.25, -0.2) is 10.1 Å². The van der Waals surface area contributed by atoms with E-state index in [1.54, 1.807) is 0 Å². The van der Waals surface area contributed by atoms with Crippen LogP contribution in [0.15, 0.2) is 60.7 Å². The van der Waals surface area contributed by atoms with E-state index >= 15 is 0 Å². The minimum absolute atomic E-state index is 0.256. The fourth-order valence-corrected chi connectivity index (χ4v) is 3.61. The second-order valence-electron chi connectivity index (χ2n) is 7.52. The molecule has 1 aliphatic rings. The van der Waals surface area contributed by atoms with Gasteiger partial charge in [-0.05, 0) is 59.0 Å². The van der Waals surface area contributed by atoms with Gasteiger partial charge in [0.1, 0.15) is 5.82 Å². The Hall–Kier alpha value is -3.94. The van der Waals surface area contributed by atoms with Gasteiger partial charge in [0, 0.05) is 18.1 Å². The highest BCUT2D eigenvalue weighted by Crippen LogP contribution is 2.37. The molecule has 0 spiro atoms. The lowest BCUT2D eigenvalue weighted by Crippen LogP contribution is -2.01. The highest BCUT2D eigenvalue weighted by atomic mass is 16.7. The largest absolute Gasteiger partial charge is 0.478 e. The second kappa shape index (κ2) is 9.47. The van der Waals surface area contributed by atoms with Crippen LogP contribution < -0.4 is 14.2 Å². The Morgan fingerprint density at radius 1 is 0.844 bits per heavy atom. The molecular formula is C24H23N5O3. The summed E-state index contributed by atoms with van der Waals surface area (Å²) in [5.41, 5.74) is 3.96. The molecule has 4 aromatic rings. The van der Waals surface area contributed by atoms with Crippen molar-refractivity contribution < 1.29 is 14.2 Å². The van der Waals surface area contributed by atoms with Crippen LogP contribution in [0.3, 0.4) is 0 Å². The summed E-state index contributed by atoms with van der Waals surface area (Å²) in [5.74, 6) is 2.95. The Bertz CT molecular complexity index is 1170. The van der Waals surface area contributed by atoms with Gasteiger partial charge in [-0.1, -0.05) is 36.4 Å². The van der Waals surface area contributed by atoms with Gasteiger partial charge >= 0.3 is 0 Å². The molecule has 0 radical (unpaired) electrons. The number of benzene rings is 2. The molecule has 3 heterocycles. The summed E-state index contributed by atoms with van der Waals surface area (Å²) < 4.78 is 17.0. The monoisotopic (exact) mass is 429 g/mol. The van der Waals surface area contributed by atoms with E-state index in [0.29, 0.717) is 12.5 Å². The van der Waals surface area contributed by atoms with Gasteiger partial charge in [-0.2, -0.15) is 0 Å². The minimum Gasteiger partial charge on any atom is -0.478 e. The van der Waals surface area contributed by atoms with E-state index in [1.165, 1.54) is 0 Å². The number of unbranched alkanes of at least 4 members (excludes halogenated alkanes) is 2. The lowest BCUT2D eigenvalue weighted by molar-refractivity contribution is 0.174. The summed E-state index contributed by atoms with van der Waals surface area (Å²) in [4.78, 5) is 4.75. The molecule has 0 fully saturated rings. The predicted octanol–water partition coefficient (Wildman–Crippen LogP) is 4.45. The standard InChI is InChI=1S/C24H23N5O3/c1-3-7-17(8-4-1)20-13-19(18-10-11-21-22(14-18)32-16-31-21)15-24(25-20)30-12-6-2-5-9-23-26-28-29-27-23/h1,3-4,7-8,10-11,13-15H,2,5-6,9,12,16H2,(H,26,27,28,29). The zero-order chi connectivity index (χ0) is 21.6. The molecule has 8 nitrogen and oxygen atoms in total. The fourth-order valence-electron chi connectivity index (χ4n) is 3.61. The fraction of sp³-hybridized carbons (Fsp3) is 0.250. The number of hydrogen-bond donors (Lipinski definition) is 1. The molecule has 0 aliphatic carbocycles. The molecule has 0 saturated carbocycles. The van der Waals surface area contributed by atoms with Crippen molar-refractivity contribution in [2.75, 3.05) is 13.4 Å². The maximum absolute atomic E-state index is 6.05. The van der Waals surface area contributed by atoms with E-state index in [9.17, 15) is 0 Å². The zero-order valence-corrected chi connectivity index (χ0v) is 17.5. The van der Waals surface area contributed by atoms with Gasteiger partial charge in [-0.3, -0.25) is 0 Å². The van der Waals surface area contributed by atoms with Crippen molar-refractivity contribution in [2.45, 2.75) is 25.7 Å². The summed E-state index contributed by atoms with van der Waals surface area (Å²) in [6.45, 7) is 0.853. The van der Waals surface area contributed by atoms with E-state index in [0.717, 1.165) is 65.4 Å². The summed E-state index contributed by atoms with van der Waals surface area (Å²) in [6, 6.07) is 20.1. The Kier molecular flexibility index (Phi) is 5.91. The SMILES string of the molecule is c1ccc(-c2cc(-c3ccc4c(c3)OCO4)cc(OCCCCCc3nnn[nH]3)n2)cc1. The Labute approximate surface area is 185 Å². The lowest BCUT2D eigenvalue weighted by Gasteiger charge is -2.11. The molecule has 32 heavy (non-hydrogen) atoms. The summed E-state index contributed by atoms with van der Waals surface area (Å²) in [6.07, 6.45) is 3.79. The maximum atomic E-state index is 6.05. The van der Waals surface area contributed by atoms with Crippen LogP contribution >= 0.6 is 0 Å². The van der Waals surface area contributed by atoms with Crippen molar-refractivity contribution in [1.82, 2.24) is 25.6 Å². The molecule has 0 bridgehead atoms. The number of nitrogens with zero attached hydrogens (tertiary/aromatic N) is 4. The first-order valence-electron chi connectivity index (χ1n) is 10.7. The van der Waals surface area contributed by atoms with Gasteiger partial charge < -0.3 is 14.2 Å². The third-order valence-corrected chi connectivity index (χ3v) is 5.27. The molecule has 0 unspecified atom stereocenters. The number of ether oxygens (including phenoxy) is 3. The number of hydrogen-bond acceptors (Lipinski definition) is 7. The first-order valence-corrected chi connectivity index (χ1v) is 10.7. The average molecular weight is 429 g/mol. The summed E-state index contributed by atoms with van der Waals surface area (Å²) in [7, 11) is 0. The van der Waals surface area contributed by atoms with Crippen LogP contribution in [0.2, 0.25) is 0 Å². The number of fused-ring (bicyclic) bond motifs is 1. The molecule has 0 saturated heterocycles. The van der Waals surface area contributed by atoms with Gasteiger partial charge in [0.25, 0.3) is 0 Å². The van der Waals surface area contributed by atoms with E-state index in [-0.39, 0.29) is 6.79 Å². The van der Waals surface area contributed by atoms with Crippen LogP contribution in [0, 0.1) is 0 Å². The molecule has 0 atom stereocenters.